The zero-order chi connectivity index (χ0) is 24.6. The maximum absolute atomic E-state index is 13.1. The molecule has 10 heteroatoms. The number of carbonyl (C=O) groups is 2. The lowest BCUT2D eigenvalue weighted by atomic mass is 9.88. The first-order valence-electron chi connectivity index (χ1n) is 11.8. The van der Waals surface area contributed by atoms with Gasteiger partial charge in [-0.1, -0.05) is 31.0 Å². The zero-order valence-corrected chi connectivity index (χ0v) is 20.3. The van der Waals surface area contributed by atoms with Crippen LogP contribution in [0.15, 0.2) is 62.9 Å². The number of nitrogens with zero attached hydrogens (tertiary/aromatic N) is 4. The fraction of sp³-hybridized carbons (Fsp3) is 0.360. The second-order valence-corrected chi connectivity index (χ2v) is 10.8. The molecule has 2 heterocycles. The van der Waals surface area contributed by atoms with Gasteiger partial charge in [0.15, 0.2) is 0 Å². The topological polar surface area (TPSA) is 112 Å². The van der Waals surface area contributed by atoms with Crippen LogP contribution in [-0.2, 0) is 16.6 Å². The lowest BCUT2D eigenvalue weighted by molar-refractivity contribution is 0.0631. The number of fused-ring (bicyclic) bond motifs is 1. The minimum Gasteiger partial charge on any atom is -0.354 e. The van der Waals surface area contributed by atoms with Gasteiger partial charge in [0.05, 0.1) is 18.0 Å². The molecule has 0 atom stereocenters. The van der Waals surface area contributed by atoms with Gasteiger partial charge < -0.3 is 5.32 Å². The average Bonchev–Trinajstić information content (AvgIpc) is 3.59. The van der Waals surface area contributed by atoms with Crippen LogP contribution in [-0.4, -0.2) is 55.4 Å². The number of hydrazone groups is 1. The molecule has 0 unspecified atom stereocenters. The van der Waals surface area contributed by atoms with Gasteiger partial charge in [-0.05, 0) is 55.7 Å². The van der Waals surface area contributed by atoms with Gasteiger partial charge >= 0.3 is 0 Å². The molecule has 1 fully saturated rings. The highest BCUT2D eigenvalue weighted by Crippen LogP contribution is 2.40. The molecule has 0 bridgehead atoms. The first-order chi connectivity index (χ1) is 16.8. The van der Waals surface area contributed by atoms with Crippen molar-refractivity contribution in [3.8, 4) is 0 Å². The summed E-state index contributed by atoms with van der Waals surface area (Å²) < 4.78 is 30.2. The summed E-state index contributed by atoms with van der Waals surface area (Å²) in [6, 6.07) is 12.6. The molecule has 5 rings (SSSR count). The third-order valence-electron chi connectivity index (χ3n) is 6.79. The average molecular weight is 494 g/mol. The van der Waals surface area contributed by atoms with E-state index >= 15 is 0 Å². The lowest BCUT2D eigenvalue weighted by Gasteiger charge is -2.23. The van der Waals surface area contributed by atoms with Crippen LogP contribution in [0.25, 0.3) is 0 Å². The fourth-order valence-corrected chi connectivity index (χ4v) is 5.88. The summed E-state index contributed by atoms with van der Waals surface area (Å²) in [5.41, 5.74) is 1.52. The molecular weight excluding hydrogens is 466 g/mol. The Hall–Kier alpha value is -3.53. The van der Waals surface area contributed by atoms with Gasteiger partial charge in [0.2, 0.25) is 5.96 Å². The number of rotatable bonds is 4. The van der Waals surface area contributed by atoms with E-state index in [-0.39, 0.29) is 34.3 Å². The molecule has 1 saturated carbocycles. The summed E-state index contributed by atoms with van der Waals surface area (Å²) >= 11 is 0. The summed E-state index contributed by atoms with van der Waals surface area (Å²) in [6.07, 6.45) is 6.30. The molecular formula is C25H27N5O4S. The van der Waals surface area contributed by atoms with Gasteiger partial charge in [-0.3, -0.25) is 14.5 Å². The van der Waals surface area contributed by atoms with Crippen LogP contribution < -0.4 is 5.32 Å². The van der Waals surface area contributed by atoms with Gasteiger partial charge in [0.1, 0.15) is 0 Å². The minimum atomic E-state index is -4.05. The van der Waals surface area contributed by atoms with Crippen molar-refractivity contribution in [1.82, 2.24) is 15.2 Å². The Bertz CT molecular complexity index is 1330. The molecule has 1 spiro atoms. The number of amides is 2. The second-order valence-electron chi connectivity index (χ2n) is 9.17. The van der Waals surface area contributed by atoms with Crippen molar-refractivity contribution in [2.24, 2.45) is 14.9 Å². The van der Waals surface area contributed by atoms with Gasteiger partial charge in [0.25, 0.3) is 21.8 Å². The van der Waals surface area contributed by atoms with Gasteiger partial charge in [0, 0.05) is 29.3 Å². The van der Waals surface area contributed by atoms with E-state index in [1.165, 1.54) is 29.2 Å². The molecule has 0 radical (unpaired) electrons. The van der Waals surface area contributed by atoms with Crippen molar-refractivity contribution in [3.63, 3.8) is 0 Å². The monoisotopic (exact) mass is 493 g/mol. The highest BCUT2D eigenvalue weighted by Gasteiger charge is 2.39. The van der Waals surface area contributed by atoms with Crippen molar-refractivity contribution in [3.05, 3.63) is 65.2 Å². The van der Waals surface area contributed by atoms with E-state index in [2.05, 4.69) is 14.8 Å². The maximum atomic E-state index is 13.1. The lowest BCUT2D eigenvalue weighted by Crippen LogP contribution is -2.40. The van der Waals surface area contributed by atoms with Crippen molar-refractivity contribution < 1.29 is 18.0 Å². The Morgan fingerprint density at radius 2 is 1.83 bits per heavy atom. The molecule has 9 nitrogen and oxygen atoms in total. The number of hydrogen-bond donors (Lipinski definition) is 1. The van der Waals surface area contributed by atoms with Crippen molar-refractivity contribution in [2.45, 2.75) is 44.0 Å². The number of carbonyl (C=O) groups excluding carboxylic acids is 2. The van der Waals surface area contributed by atoms with E-state index < -0.39 is 15.9 Å². The third-order valence-corrected chi connectivity index (χ3v) is 8.07. The van der Waals surface area contributed by atoms with Crippen LogP contribution >= 0.6 is 0 Å². The molecule has 1 N–H and O–H groups in total. The van der Waals surface area contributed by atoms with Crippen LogP contribution in [0, 0.1) is 5.41 Å². The van der Waals surface area contributed by atoms with Crippen LogP contribution in [0.5, 0.6) is 0 Å². The number of benzene rings is 2. The highest BCUT2D eigenvalue weighted by molar-refractivity contribution is 7.90. The van der Waals surface area contributed by atoms with Crippen LogP contribution in [0.3, 0.4) is 0 Å². The fourth-order valence-electron chi connectivity index (χ4n) is 4.91. The number of hydrogen-bond acceptors (Lipinski definition) is 5. The molecule has 182 valence electrons. The summed E-state index contributed by atoms with van der Waals surface area (Å²) in [5, 5.41) is 9.09. The summed E-state index contributed by atoms with van der Waals surface area (Å²) in [6.45, 7) is 3.16. The first-order valence-corrected chi connectivity index (χ1v) is 13.2. The van der Waals surface area contributed by atoms with Crippen molar-refractivity contribution >= 4 is 34.0 Å². The van der Waals surface area contributed by atoms with Crippen LogP contribution in [0.1, 0.15) is 58.9 Å². The second kappa shape index (κ2) is 8.92. The molecule has 3 aliphatic rings. The molecule has 35 heavy (non-hydrogen) atoms. The SMILES string of the molecule is CCNC(=NS(=O)(=O)c1ccc(C(=O)N2Cc3ccccc3C2=O)cc1)N1CC2(C=N1)CCCC2. The number of sulfonamides is 1. The van der Waals surface area contributed by atoms with Gasteiger partial charge in [-0.2, -0.15) is 13.5 Å². The van der Waals surface area contributed by atoms with Crippen LogP contribution in [0.4, 0.5) is 0 Å². The number of guanidine groups is 1. The van der Waals surface area contributed by atoms with Gasteiger partial charge in [-0.25, -0.2) is 5.01 Å². The predicted octanol–water partition coefficient (Wildman–Crippen LogP) is 3.00. The smallest absolute Gasteiger partial charge is 0.285 e. The van der Waals surface area contributed by atoms with E-state index in [4.69, 9.17) is 0 Å². The Morgan fingerprint density at radius 3 is 2.51 bits per heavy atom. The Labute approximate surface area is 204 Å². The highest BCUT2D eigenvalue weighted by atomic mass is 32.2. The molecule has 2 aromatic carbocycles. The molecule has 0 aromatic heterocycles. The van der Waals surface area contributed by atoms with E-state index in [9.17, 15) is 18.0 Å². The Morgan fingerprint density at radius 1 is 1.11 bits per heavy atom. The summed E-state index contributed by atoms with van der Waals surface area (Å²) in [7, 11) is -4.05. The predicted molar refractivity (Wildman–Crippen MR) is 131 cm³/mol. The summed E-state index contributed by atoms with van der Waals surface area (Å²) in [4.78, 5) is 26.7. The molecule has 0 saturated heterocycles. The molecule has 1 aliphatic carbocycles. The zero-order valence-electron chi connectivity index (χ0n) is 19.5. The van der Waals surface area contributed by atoms with E-state index in [1.54, 1.807) is 17.1 Å². The van der Waals surface area contributed by atoms with E-state index in [0.717, 1.165) is 31.2 Å². The quantitative estimate of drug-likeness (QED) is 0.398. The largest absolute Gasteiger partial charge is 0.354 e. The normalized spacial score (nSPS) is 19.0. The maximum Gasteiger partial charge on any atom is 0.285 e. The number of nitrogens with one attached hydrogen (secondary N) is 1. The van der Waals surface area contributed by atoms with Crippen molar-refractivity contribution in [1.29, 1.82) is 0 Å². The molecule has 2 aromatic rings. The summed E-state index contributed by atoms with van der Waals surface area (Å²) in [5.74, 6) is -0.637. The number of imide groups is 1. The molecule has 2 aliphatic heterocycles. The minimum absolute atomic E-state index is 0.00533. The van der Waals surface area contributed by atoms with Gasteiger partial charge in [-0.15, -0.1) is 4.40 Å². The third kappa shape index (κ3) is 4.34. The van der Waals surface area contributed by atoms with E-state index in [1.807, 2.05) is 25.3 Å². The Balaban J connectivity index is 1.34. The van der Waals surface area contributed by atoms with Crippen molar-refractivity contribution in [2.75, 3.05) is 13.1 Å². The van der Waals surface area contributed by atoms with E-state index in [0.29, 0.717) is 18.7 Å². The molecule has 2 amide bonds. The standard InChI is InChI=1S/C25H27N5O4S/c1-2-26-24(30-17-25(16-27-30)13-5-6-14-25)28-35(33,34)20-11-9-18(10-12-20)22(31)29-15-19-7-3-4-8-21(19)23(29)32/h3-4,7-12,16H,2,5-6,13-15,17H2,1H3,(H,26,28). The first kappa shape index (κ1) is 23.2. The van der Waals surface area contributed by atoms with Crippen LogP contribution in [0.2, 0.25) is 0 Å². The Kier molecular flexibility index (Phi) is 5.92.